The Kier molecular flexibility index (Phi) is 4.30. The first kappa shape index (κ1) is 12.7. The average Bonchev–Trinajstić information content (AvgIpc) is 3.12. The highest BCUT2D eigenvalue weighted by atomic mass is 35.5. The van der Waals surface area contributed by atoms with E-state index < -0.39 is 0 Å². The molecule has 2 rings (SSSR count). The number of para-hydroxylation sites is 1. The Morgan fingerprint density at radius 3 is 2.76 bits per heavy atom. The van der Waals surface area contributed by atoms with Crippen LogP contribution >= 0.6 is 11.6 Å². The van der Waals surface area contributed by atoms with E-state index in [0.29, 0.717) is 0 Å². The first-order valence-electron chi connectivity index (χ1n) is 6.39. The van der Waals surface area contributed by atoms with E-state index >= 15 is 0 Å². The van der Waals surface area contributed by atoms with E-state index in [9.17, 15) is 5.11 Å². The molecule has 1 aliphatic carbocycles. The van der Waals surface area contributed by atoms with Gasteiger partial charge in [0, 0.05) is 18.7 Å². The SMILES string of the molecule is CCCN(CC1CC1)c1c(Cl)cccc1CO. The number of hydrogen-bond donors (Lipinski definition) is 1. The number of rotatable bonds is 6. The van der Waals surface area contributed by atoms with Gasteiger partial charge >= 0.3 is 0 Å². The van der Waals surface area contributed by atoms with Gasteiger partial charge in [0.05, 0.1) is 17.3 Å². The lowest BCUT2D eigenvalue weighted by molar-refractivity contribution is 0.282. The predicted molar refractivity (Wildman–Crippen MR) is 72.6 cm³/mol. The van der Waals surface area contributed by atoms with E-state index in [1.54, 1.807) is 0 Å². The maximum Gasteiger partial charge on any atom is 0.0702 e. The molecule has 0 radical (unpaired) electrons. The normalized spacial score (nSPS) is 15.0. The Morgan fingerprint density at radius 2 is 2.18 bits per heavy atom. The molecule has 1 aromatic carbocycles. The quantitative estimate of drug-likeness (QED) is 0.839. The van der Waals surface area contributed by atoms with Crippen LogP contribution in [0.1, 0.15) is 31.7 Å². The third-order valence-corrected chi connectivity index (χ3v) is 3.53. The summed E-state index contributed by atoms with van der Waals surface area (Å²) in [7, 11) is 0. The third-order valence-electron chi connectivity index (χ3n) is 3.23. The maximum absolute atomic E-state index is 9.42. The maximum atomic E-state index is 9.42. The molecule has 1 aromatic rings. The van der Waals surface area contributed by atoms with Crippen molar-refractivity contribution in [1.82, 2.24) is 0 Å². The van der Waals surface area contributed by atoms with Crippen LogP contribution in [0.3, 0.4) is 0 Å². The summed E-state index contributed by atoms with van der Waals surface area (Å²) in [4.78, 5) is 2.34. The number of nitrogens with zero attached hydrogens (tertiary/aromatic N) is 1. The molecule has 0 atom stereocenters. The van der Waals surface area contributed by atoms with Crippen molar-refractivity contribution in [3.8, 4) is 0 Å². The standard InChI is InChI=1S/C14H20ClNO/c1-2-8-16(9-11-6-7-11)14-12(10-17)4-3-5-13(14)15/h3-5,11,17H,2,6-10H2,1H3. The van der Waals surface area contributed by atoms with E-state index in [1.165, 1.54) is 12.8 Å². The van der Waals surface area contributed by atoms with Gasteiger partial charge in [0.1, 0.15) is 0 Å². The fraction of sp³-hybridized carbons (Fsp3) is 0.571. The summed E-state index contributed by atoms with van der Waals surface area (Å²) in [5.74, 6) is 0.823. The lowest BCUT2D eigenvalue weighted by Crippen LogP contribution is -2.27. The molecule has 0 aliphatic heterocycles. The Bertz CT molecular complexity index is 376. The van der Waals surface area contributed by atoms with E-state index in [4.69, 9.17) is 11.6 Å². The number of anilines is 1. The molecule has 1 N–H and O–H groups in total. The monoisotopic (exact) mass is 253 g/mol. The fourth-order valence-corrected chi connectivity index (χ4v) is 2.53. The second-order valence-corrected chi connectivity index (χ2v) is 5.20. The minimum Gasteiger partial charge on any atom is -0.392 e. The van der Waals surface area contributed by atoms with Gasteiger partial charge in [-0.3, -0.25) is 0 Å². The molecule has 1 saturated carbocycles. The molecule has 0 bridgehead atoms. The Balaban J connectivity index is 2.25. The van der Waals surface area contributed by atoms with Crippen molar-refractivity contribution in [3.05, 3.63) is 28.8 Å². The van der Waals surface area contributed by atoms with Crippen molar-refractivity contribution < 1.29 is 5.11 Å². The molecule has 0 aromatic heterocycles. The molecule has 94 valence electrons. The zero-order valence-corrected chi connectivity index (χ0v) is 11.1. The van der Waals surface area contributed by atoms with Gasteiger partial charge in [-0.2, -0.15) is 0 Å². The lowest BCUT2D eigenvalue weighted by Gasteiger charge is -2.27. The minimum atomic E-state index is 0.0563. The van der Waals surface area contributed by atoms with E-state index in [0.717, 1.165) is 41.7 Å². The third kappa shape index (κ3) is 3.14. The van der Waals surface area contributed by atoms with Crippen molar-refractivity contribution in [2.75, 3.05) is 18.0 Å². The van der Waals surface area contributed by atoms with Crippen LogP contribution in [0.4, 0.5) is 5.69 Å². The number of hydrogen-bond acceptors (Lipinski definition) is 2. The molecule has 2 nitrogen and oxygen atoms in total. The summed E-state index contributed by atoms with van der Waals surface area (Å²) in [6.07, 6.45) is 3.76. The van der Waals surface area contributed by atoms with Gasteiger partial charge in [0.25, 0.3) is 0 Å². The minimum absolute atomic E-state index is 0.0563. The highest BCUT2D eigenvalue weighted by molar-refractivity contribution is 6.33. The van der Waals surface area contributed by atoms with E-state index in [1.807, 2.05) is 18.2 Å². The van der Waals surface area contributed by atoms with Crippen LogP contribution in [0.5, 0.6) is 0 Å². The molecule has 1 aliphatic rings. The molecule has 0 heterocycles. The number of halogens is 1. The van der Waals surface area contributed by atoms with Crippen LogP contribution in [0.25, 0.3) is 0 Å². The van der Waals surface area contributed by atoms with Crippen molar-refractivity contribution in [2.24, 2.45) is 5.92 Å². The molecule has 3 heteroatoms. The second-order valence-electron chi connectivity index (χ2n) is 4.80. The van der Waals surface area contributed by atoms with E-state index in [2.05, 4.69) is 11.8 Å². The highest BCUT2D eigenvalue weighted by Gasteiger charge is 2.25. The molecular formula is C14H20ClNO. The molecule has 0 spiro atoms. The summed E-state index contributed by atoms with van der Waals surface area (Å²) >= 11 is 6.29. The smallest absolute Gasteiger partial charge is 0.0702 e. The summed E-state index contributed by atoms with van der Waals surface area (Å²) in [6.45, 7) is 4.31. The van der Waals surface area contributed by atoms with E-state index in [-0.39, 0.29) is 6.61 Å². The number of aliphatic hydroxyl groups excluding tert-OH is 1. The zero-order valence-electron chi connectivity index (χ0n) is 10.3. The summed E-state index contributed by atoms with van der Waals surface area (Å²) < 4.78 is 0. The number of benzene rings is 1. The Morgan fingerprint density at radius 1 is 1.41 bits per heavy atom. The van der Waals surface area contributed by atoms with Gasteiger partial charge in [0.15, 0.2) is 0 Å². The fourth-order valence-electron chi connectivity index (χ4n) is 2.22. The molecule has 0 unspecified atom stereocenters. The van der Waals surface area contributed by atoms with Gasteiger partial charge in [0.2, 0.25) is 0 Å². The van der Waals surface area contributed by atoms with Gasteiger partial charge in [-0.25, -0.2) is 0 Å². The van der Waals surface area contributed by atoms with Crippen molar-refractivity contribution >= 4 is 17.3 Å². The van der Waals surface area contributed by atoms with Crippen LogP contribution in [0.2, 0.25) is 5.02 Å². The van der Waals surface area contributed by atoms with Crippen LogP contribution in [0, 0.1) is 5.92 Å². The van der Waals surface area contributed by atoms with Gasteiger partial charge in [-0.1, -0.05) is 30.7 Å². The van der Waals surface area contributed by atoms with Crippen molar-refractivity contribution in [1.29, 1.82) is 0 Å². The number of aliphatic hydroxyl groups is 1. The Labute approximate surface area is 108 Å². The van der Waals surface area contributed by atoms with Crippen LogP contribution < -0.4 is 4.90 Å². The molecule has 1 fully saturated rings. The largest absolute Gasteiger partial charge is 0.392 e. The molecule has 17 heavy (non-hydrogen) atoms. The highest BCUT2D eigenvalue weighted by Crippen LogP contribution is 2.35. The van der Waals surface area contributed by atoms with Gasteiger partial charge in [-0.15, -0.1) is 0 Å². The molecular weight excluding hydrogens is 234 g/mol. The predicted octanol–water partition coefficient (Wildman–Crippen LogP) is 3.46. The van der Waals surface area contributed by atoms with Crippen molar-refractivity contribution in [3.63, 3.8) is 0 Å². The van der Waals surface area contributed by atoms with Gasteiger partial charge in [-0.05, 0) is 31.2 Å². The second kappa shape index (κ2) is 5.74. The van der Waals surface area contributed by atoms with Crippen LogP contribution in [0.15, 0.2) is 18.2 Å². The zero-order chi connectivity index (χ0) is 12.3. The van der Waals surface area contributed by atoms with Gasteiger partial charge < -0.3 is 10.0 Å². The first-order valence-corrected chi connectivity index (χ1v) is 6.77. The topological polar surface area (TPSA) is 23.5 Å². The first-order chi connectivity index (χ1) is 8.26. The summed E-state index contributed by atoms with van der Waals surface area (Å²) in [6, 6.07) is 5.76. The molecule has 0 amide bonds. The van der Waals surface area contributed by atoms with Crippen LogP contribution in [-0.4, -0.2) is 18.2 Å². The lowest BCUT2D eigenvalue weighted by atomic mass is 10.1. The van der Waals surface area contributed by atoms with Crippen LogP contribution in [-0.2, 0) is 6.61 Å². The summed E-state index contributed by atoms with van der Waals surface area (Å²) in [5.41, 5.74) is 1.97. The molecule has 0 saturated heterocycles. The van der Waals surface area contributed by atoms with Crippen molar-refractivity contribution in [2.45, 2.75) is 32.8 Å². The average molecular weight is 254 g/mol. The Hall–Kier alpha value is -0.730. The summed E-state index contributed by atoms with van der Waals surface area (Å²) in [5, 5.41) is 10.2.